The van der Waals surface area contributed by atoms with Gasteiger partial charge in [0.2, 0.25) is 0 Å². The van der Waals surface area contributed by atoms with Gasteiger partial charge in [-0.1, -0.05) is 35.5 Å². The normalized spacial score (nSPS) is 33.5. The standard InChI is InChI=1S/C16H21N5O4/c1-15(2)24-12-13(25-15)23-11(16(12,17)14-18-20-21-19-14)9-22-8-10-6-4-3-5-7-10/h3-7,11-13H,8-9,17H2,1-2H3,(H,18,19,20,21)/t11-,12+,13-,16-/m1/s1. The zero-order valence-corrected chi connectivity index (χ0v) is 14.1. The molecule has 1 aromatic heterocycles. The molecule has 2 fully saturated rings. The number of aromatic nitrogens is 4. The number of tetrazole rings is 1. The number of hydrogen-bond donors (Lipinski definition) is 2. The van der Waals surface area contributed by atoms with Crippen molar-refractivity contribution in [3.63, 3.8) is 0 Å². The summed E-state index contributed by atoms with van der Waals surface area (Å²) in [5.41, 5.74) is 6.60. The molecule has 25 heavy (non-hydrogen) atoms. The van der Waals surface area contributed by atoms with Crippen LogP contribution in [0.4, 0.5) is 0 Å². The Kier molecular flexibility index (Phi) is 4.05. The quantitative estimate of drug-likeness (QED) is 0.800. The lowest BCUT2D eigenvalue weighted by Gasteiger charge is -2.31. The van der Waals surface area contributed by atoms with Gasteiger partial charge in [-0.2, -0.15) is 5.21 Å². The van der Waals surface area contributed by atoms with Crippen molar-refractivity contribution >= 4 is 0 Å². The first-order valence-electron chi connectivity index (χ1n) is 8.14. The minimum Gasteiger partial charge on any atom is -0.374 e. The van der Waals surface area contributed by atoms with Crippen LogP contribution in [-0.4, -0.2) is 51.5 Å². The number of rotatable bonds is 5. The lowest BCUT2D eigenvalue weighted by Crippen LogP contribution is -2.55. The molecule has 2 aliphatic heterocycles. The summed E-state index contributed by atoms with van der Waals surface area (Å²) in [6, 6.07) is 9.88. The molecule has 0 radical (unpaired) electrons. The average molecular weight is 347 g/mol. The zero-order chi connectivity index (χ0) is 17.5. The van der Waals surface area contributed by atoms with Gasteiger partial charge in [0.15, 0.2) is 17.9 Å². The maximum Gasteiger partial charge on any atom is 0.199 e. The van der Waals surface area contributed by atoms with Crippen LogP contribution in [0.15, 0.2) is 30.3 Å². The predicted molar refractivity (Wildman–Crippen MR) is 84.8 cm³/mol. The number of fused-ring (bicyclic) bond motifs is 1. The number of benzene rings is 1. The Morgan fingerprint density at radius 1 is 1.24 bits per heavy atom. The van der Waals surface area contributed by atoms with E-state index in [2.05, 4.69) is 20.6 Å². The van der Waals surface area contributed by atoms with Gasteiger partial charge in [0.05, 0.1) is 13.2 Å². The van der Waals surface area contributed by atoms with Crippen LogP contribution >= 0.6 is 0 Å². The Hall–Kier alpha value is -1.91. The second kappa shape index (κ2) is 6.11. The molecule has 2 saturated heterocycles. The number of nitrogens with two attached hydrogens (primary N) is 1. The van der Waals surface area contributed by atoms with Gasteiger partial charge in [-0.15, -0.1) is 10.2 Å². The Morgan fingerprint density at radius 3 is 2.76 bits per heavy atom. The molecule has 9 heteroatoms. The third kappa shape index (κ3) is 2.94. The van der Waals surface area contributed by atoms with Crippen LogP contribution < -0.4 is 5.73 Å². The predicted octanol–water partition coefficient (Wildman–Crippen LogP) is 0.447. The fourth-order valence-electron chi connectivity index (χ4n) is 3.26. The molecule has 1 aromatic carbocycles. The van der Waals surface area contributed by atoms with Gasteiger partial charge in [-0.25, -0.2) is 0 Å². The third-order valence-electron chi connectivity index (χ3n) is 4.47. The van der Waals surface area contributed by atoms with E-state index in [-0.39, 0.29) is 6.61 Å². The molecule has 9 nitrogen and oxygen atoms in total. The van der Waals surface area contributed by atoms with Crippen LogP contribution in [0.5, 0.6) is 0 Å². The molecule has 0 spiro atoms. The lowest BCUT2D eigenvalue weighted by atomic mass is 9.89. The number of nitrogens with zero attached hydrogens (tertiary/aromatic N) is 3. The number of ether oxygens (including phenoxy) is 4. The van der Waals surface area contributed by atoms with Gasteiger partial charge >= 0.3 is 0 Å². The largest absolute Gasteiger partial charge is 0.374 e. The Morgan fingerprint density at radius 2 is 2.04 bits per heavy atom. The minimum atomic E-state index is -1.12. The van der Waals surface area contributed by atoms with Crippen LogP contribution in [0.1, 0.15) is 25.2 Å². The van der Waals surface area contributed by atoms with E-state index >= 15 is 0 Å². The second-order valence-corrected chi connectivity index (χ2v) is 6.72. The molecule has 0 bridgehead atoms. The van der Waals surface area contributed by atoms with Crippen molar-refractivity contribution in [2.75, 3.05) is 6.61 Å². The van der Waals surface area contributed by atoms with Crippen LogP contribution in [0.25, 0.3) is 0 Å². The molecule has 0 aliphatic carbocycles. The molecule has 4 rings (SSSR count). The summed E-state index contributed by atoms with van der Waals surface area (Å²) in [7, 11) is 0. The van der Waals surface area contributed by atoms with Crippen LogP contribution in [0.2, 0.25) is 0 Å². The molecular weight excluding hydrogens is 326 g/mol. The summed E-state index contributed by atoms with van der Waals surface area (Å²) >= 11 is 0. The molecule has 3 heterocycles. The summed E-state index contributed by atoms with van der Waals surface area (Å²) in [5.74, 6) is -0.478. The highest BCUT2D eigenvalue weighted by Gasteiger charge is 2.64. The topological polar surface area (TPSA) is 117 Å². The molecule has 134 valence electrons. The van der Waals surface area contributed by atoms with Crippen LogP contribution in [0, 0.1) is 0 Å². The molecule has 0 amide bonds. The number of hydrogen-bond acceptors (Lipinski definition) is 8. The van der Waals surface area contributed by atoms with Gasteiger partial charge in [-0.3, -0.25) is 0 Å². The van der Waals surface area contributed by atoms with Gasteiger partial charge in [0.25, 0.3) is 0 Å². The van der Waals surface area contributed by atoms with Crippen molar-refractivity contribution in [3.05, 3.63) is 41.7 Å². The van der Waals surface area contributed by atoms with Crippen molar-refractivity contribution in [2.45, 2.75) is 50.3 Å². The van der Waals surface area contributed by atoms with Crippen molar-refractivity contribution < 1.29 is 18.9 Å². The highest BCUT2D eigenvalue weighted by Crippen LogP contribution is 2.45. The van der Waals surface area contributed by atoms with E-state index in [0.717, 1.165) is 5.56 Å². The van der Waals surface area contributed by atoms with Crippen molar-refractivity contribution in [1.29, 1.82) is 0 Å². The first-order chi connectivity index (χ1) is 12.0. The number of nitrogens with one attached hydrogen (secondary N) is 1. The first-order valence-corrected chi connectivity index (χ1v) is 8.14. The Bertz CT molecular complexity index is 711. The number of aromatic amines is 1. The Labute approximate surface area is 144 Å². The maximum absolute atomic E-state index is 6.66. The van der Waals surface area contributed by atoms with Gasteiger partial charge in [0, 0.05) is 0 Å². The highest BCUT2D eigenvalue weighted by atomic mass is 16.8. The number of H-pyrrole nitrogens is 1. The van der Waals surface area contributed by atoms with Gasteiger partial charge < -0.3 is 24.7 Å². The molecule has 3 N–H and O–H groups in total. The van der Waals surface area contributed by atoms with E-state index < -0.39 is 29.8 Å². The van der Waals surface area contributed by atoms with E-state index in [1.165, 1.54) is 0 Å². The molecule has 2 aromatic rings. The summed E-state index contributed by atoms with van der Waals surface area (Å²) in [6.45, 7) is 4.32. The fraction of sp³-hybridized carbons (Fsp3) is 0.562. The summed E-state index contributed by atoms with van der Waals surface area (Å²) in [6.07, 6.45) is -1.69. The van der Waals surface area contributed by atoms with Crippen molar-refractivity contribution in [3.8, 4) is 0 Å². The first kappa shape index (κ1) is 16.6. The van der Waals surface area contributed by atoms with E-state index in [0.29, 0.717) is 12.4 Å². The zero-order valence-electron chi connectivity index (χ0n) is 14.1. The van der Waals surface area contributed by atoms with Gasteiger partial charge in [-0.05, 0) is 19.4 Å². The van der Waals surface area contributed by atoms with Crippen molar-refractivity contribution in [2.24, 2.45) is 5.73 Å². The van der Waals surface area contributed by atoms with Crippen LogP contribution in [-0.2, 0) is 31.1 Å². The van der Waals surface area contributed by atoms with Gasteiger partial charge in [0.1, 0.15) is 17.7 Å². The minimum absolute atomic E-state index is 0.250. The Balaban J connectivity index is 1.51. The lowest BCUT2D eigenvalue weighted by molar-refractivity contribution is -0.218. The van der Waals surface area contributed by atoms with E-state index in [4.69, 9.17) is 24.7 Å². The maximum atomic E-state index is 6.66. The van der Waals surface area contributed by atoms with E-state index in [1.54, 1.807) is 0 Å². The monoisotopic (exact) mass is 347 g/mol. The third-order valence-corrected chi connectivity index (χ3v) is 4.47. The highest BCUT2D eigenvalue weighted by molar-refractivity contribution is 5.17. The van der Waals surface area contributed by atoms with E-state index in [9.17, 15) is 0 Å². The summed E-state index contributed by atoms with van der Waals surface area (Å²) in [5, 5.41) is 14.2. The van der Waals surface area contributed by atoms with Crippen LogP contribution in [0.3, 0.4) is 0 Å². The summed E-state index contributed by atoms with van der Waals surface area (Å²) in [4.78, 5) is 0. The average Bonchev–Trinajstić information content (AvgIpc) is 3.27. The SMILES string of the molecule is CC1(C)O[C@H]2O[C@H](COCc3ccccc3)[C@](N)(c3nn[nH]n3)[C@H]2O1. The molecular formula is C16H21N5O4. The smallest absolute Gasteiger partial charge is 0.199 e. The fourth-order valence-corrected chi connectivity index (χ4v) is 3.26. The molecule has 0 saturated carbocycles. The molecule has 2 aliphatic rings. The molecule has 0 unspecified atom stereocenters. The van der Waals surface area contributed by atoms with Crippen molar-refractivity contribution in [1.82, 2.24) is 20.6 Å². The molecule has 4 atom stereocenters. The second-order valence-electron chi connectivity index (χ2n) is 6.72. The van der Waals surface area contributed by atoms with E-state index in [1.807, 2.05) is 44.2 Å². The summed E-state index contributed by atoms with van der Waals surface area (Å²) < 4.78 is 23.5.